The lowest BCUT2D eigenvalue weighted by molar-refractivity contribution is 0.101. The molecule has 0 saturated carbocycles. The molecule has 35 heavy (non-hydrogen) atoms. The van der Waals surface area contributed by atoms with Crippen LogP contribution < -0.4 is 14.8 Å². The Labute approximate surface area is 207 Å². The maximum Gasteiger partial charge on any atom is 0.302 e. The number of aromatic nitrogens is 2. The van der Waals surface area contributed by atoms with E-state index in [2.05, 4.69) is 15.3 Å². The third kappa shape index (κ3) is 5.60. The van der Waals surface area contributed by atoms with Gasteiger partial charge in [0, 0.05) is 23.6 Å². The number of ether oxygens (including phenoxy) is 2. The van der Waals surface area contributed by atoms with E-state index in [9.17, 15) is 9.59 Å². The van der Waals surface area contributed by atoms with E-state index >= 15 is 0 Å². The van der Waals surface area contributed by atoms with Gasteiger partial charge in [-0.05, 0) is 48.4 Å². The number of carbonyl (C=O) groups is 2. The van der Waals surface area contributed by atoms with E-state index in [1.54, 1.807) is 32.4 Å². The molecule has 2 heterocycles. The Morgan fingerprint density at radius 1 is 1.06 bits per heavy atom. The number of nitrogens with zero attached hydrogens (tertiary/aromatic N) is 4. The van der Waals surface area contributed by atoms with Crippen molar-refractivity contribution in [2.45, 2.75) is 25.1 Å². The fourth-order valence-corrected chi connectivity index (χ4v) is 4.49. The van der Waals surface area contributed by atoms with Crippen LogP contribution in [0.5, 0.6) is 11.5 Å². The SMILES string of the molecule is CCC1SC(=O)N(Cc2ccc(NC(=O)c3ncccn3)cc2)N=C1c1ccc(OC)c(OC)c1. The van der Waals surface area contributed by atoms with Crippen LogP contribution in [0.3, 0.4) is 0 Å². The number of benzene rings is 2. The van der Waals surface area contributed by atoms with Gasteiger partial charge in [-0.25, -0.2) is 15.0 Å². The summed E-state index contributed by atoms with van der Waals surface area (Å²) < 4.78 is 10.8. The van der Waals surface area contributed by atoms with Gasteiger partial charge < -0.3 is 14.8 Å². The van der Waals surface area contributed by atoms with Crippen LogP contribution in [0.15, 0.2) is 66.0 Å². The number of hydrazone groups is 1. The third-order valence-corrected chi connectivity index (χ3v) is 6.60. The van der Waals surface area contributed by atoms with Crippen molar-refractivity contribution in [3.05, 3.63) is 77.9 Å². The molecule has 9 nitrogen and oxygen atoms in total. The first-order valence-corrected chi connectivity index (χ1v) is 11.9. The molecular formula is C25H25N5O4S. The number of methoxy groups -OCH3 is 2. The van der Waals surface area contributed by atoms with E-state index in [1.165, 1.54) is 29.2 Å². The third-order valence-electron chi connectivity index (χ3n) is 5.35. The first-order chi connectivity index (χ1) is 17.0. The van der Waals surface area contributed by atoms with Gasteiger partial charge in [0.25, 0.3) is 5.91 Å². The van der Waals surface area contributed by atoms with E-state index in [0.717, 1.165) is 23.3 Å². The molecule has 1 unspecified atom stereocenters. The smallest absolute Gasteiger partial charge is 0.302 e. The zero-order chi connectivity index (χ0) is 24.8. The summed E-state index contributed by atoms with van der Waals surface area (Å²) in [6.07, 6.45) is 3.79. The van der Waals surface area contributed by atoms with Crippen molar-refractivity contribution in [2.24, 2.45) is 5.10 Å². The highest BCUT2D eigenvalue weighted by Gasteiger charge is 2.30. The average molecular weight is 492 g/mol. The second-order valence-corrected chi connectivity index (χ2v) is 8.77. The second kappa shape index (κ2) is 11.0. The Bertz CT molecular complexity index is 1230. The van der Waals surface area contributed by atoms with Crippen molar-refractivity contribution in [1.29, 1.82) is 0 Å². The van der Waals surface area contributed by atoms with Gasteiger partial charge in [0.1, 0.15) is 0 Å². The molecule has 10 heteroatoms. The minimum atomic E-state index is -0.393. The first-order valence-electron chi connectivity index (χ1n) is 11.0. The molecule has 0 fully saturated rings. The number of rotatable bonds is 8. The average Bonchev–Trinajstić information content (AvgIpc) is 2.90. The van der Waals surface area contributed by atoms with Crippen molar-refractivity contribution < 1.29 is 19.1 Å². The quantitative estimate of drug-likeness (QED) is 0.491. The maximum atomic E-state index is 12.8. The number of thioether (sulfide) groups is 1. The largest absolute Gasteiger partial charge is 0.493 e. The van der Waals surface area contributed by atoms with Crippen molar-refractivity contribution in [2.75, 3.05) is 19.5 Å². The summed E-state index contributed by atoms with van der Waals surface area (Å²) in [4.78, 5) is 32.9. The number of carbonyl (C=O) groups excluding carboxylic acids is 2. The molecular weight excluding hydrogens is 466 g/mol. The topological polar surface area (TPSA) is 106 Å². The highest BCUT2D eigenvalue weighted by atomic mass is 32.2. The molecule has 1 aromatic heterocycles. The number of hydrogen-bond donors (Lipinski definition) is 1. The molecule has 1 aliphatic rings. The van der Waals surface area contributed by atoms with Gasteiger partial charge in [-0.2, -0.15) is 5.10 Å². The molecule has 0 radical (unpaired) electrons. The van der Waals surface area contributed by atoms with Crippen LogP contribution in [0.4, 0.5) is 10.5 Å². The van der Waals surface area contributed by atoms with Gasteiger partial charge in [-0.3, -0.25) is 9.59 Å². The highest BCUT2D eigenvalue weighted by Crippen LogP contribution is 2.33. The molecule has 0 spiro atoms. The lowest BCUT2D eigenvalue weighted by atomic mass is 10.0. The van der Waals surface area contributed by atoms with Crippen LogP contribution in [0.2, 0.25) is 0 Å². The van der Waals surface area contributed by atoms with Crippen molar-refractivity contribution in [1.82, 2.24) is 15.0 Å². The number of anilines is 1. The Hall–Kier alpha value is -3.92. The standard InChI is InChI=1S/C25H25N5O4S/c1-4-21-22(17-8-11-19(33-2)20(14-17)34-3)29-30(25(32)35-21)15-16-6-9-18(10-7-16)28-24(31)23-26-12-5-13-27-23/h5-14,21H,4,15H2,1-3H3,(H,28,31). The molecule has 1 N–H and O–H groups in total. The molecule has 180 valence electrons. The summed E-state index contributed by atoms with van der Waals surface area (Å²) in [5, 5.41) is 8.78. The second-order valence-electron chi connectivity index (χ2n) is 7.62. The predicted octanol–water partition coefficient (Wildman–Crippen LogP) is 4.60. The molecule has 2 amide bonds. The van der Waals surface area contributed by atoms with Gasteiger partial charge >= 0.3 is 5.24 Å². The van der Waals surface area contributed by atoms with Gasteiger partial charge in [-0.15, -0.1) is 0 Å². The summed E-state index contributed by atoms with van der Waals surface area (Å²) in [6.45, 7) is 2.33. The van der Waals surface area contributed by atoms with E-state index < -0.39 is 5.91 Å². The van der Waals surface area contributed by atoms with Crippen molar-refractivity contribution in [3.8, 4) is 11.5 Å². The lowest BCUT2D eigenvalue weighted by Gasteiger charge is -2.28. The fraction of sp³-hybridized carbons (Fsp3) is 0.240. The zero-order valence-electron chi connectivity index (χ0n) is 19.6. The molecule has 2 aromatic carbocycles. The Morgan fingerprint density at radius 2 is 1.77 bits per heavy atom. The van der Waals surface area contributed by atoms with Gasteiger partial charge in [0.2, 0.25) is 5.82 Å². The van der Waals surface area contributed by atoms with Crippen molar-refractivity contribution >= 4 is 34.3 Å². The van der Waals surface area contributed by atoms with Crippen LogP contribution in [-0.2, 0) is 6.54 Å². The molecule has 1 aliphatic heterocycles. The minimum Gasteiger partial charge on any atom is -0.493 e. The summed E-state index contributed by atoms with van der Waals surface area (Å²) in [5.41, 5.74) is 3.16. The van der Waals surface area contributed by atoms with Gasteiger partial charge in [0.15, 0.2) is 11.5 Å². The number of hydrogen-bond acceptors (Lipinski definition) is 8. The monoisotopic (exact) mass is 491 g/mol. The molecule has 3 aromatic rings. The predicted molar refractivity (Wildman–Crippen MR) is 135 cm³/mol. The van der Waals surface area contributed by atoms with E-state index in [1.807, 2.05) is 37.3 Å². The highest BCUT2D eigenvalue weighted by molar-refractivity contribution is 8.14. The summed E-state index contributed by atoms with van der Waals surface area (Å²) >= 11 is 1.26. The summed E-state index contributed by atoms with van der Waals surface area (Å²) in [7, 11) is 3.18. The summed E-state index contributed by atoms with van der Waals surface area (Å²) in [6, 6.07) is 14.5. The normalized spacial score (nSPS) is 15.4. The fourth-order valence-electron chi connectivity index (χ4n) is 3.56. The molecule has 4 rings (SSSR count). The first kappa shape index (κ1) is 24.2. The maximum absolute atomic E-state index is 12.8. The molecule has 0 aliphatic carbocycles. The number of nitrogens with one attached hydrogen (secondary N) is 1. The van der Waals surface area contributed by atoms with Crippen LogP contribution in [0, 0.1) is 0 Å². The molecule has 1 atom stereocenters. The zero-order valence-corrected chi connectivity index (χ0v) is 20.4. The lowest BCUT2D eigenvalue weighted by Crippen LogP contribution is -2.34. The van der Waals surface area contributed by atoms with E-state index in [-0.39, 0.29) is 16.3 Å². The Kier molecular flexibility index (Phi) is 7.61. The van der Waals surface area contributed by atoms with E-state index in [0.29, 0.717) is 23.7 Å². The Balaban J connectivity index is 1.52. The minimum absolute atomic E-state index is 0.0605. The number of amides is 2. The molecule has 0 saturated heterocycles. The van der Waals surface area contributed by atoms with Crippen LogP contribution in [0.1, 0.15) is 35.1 Å². The van der Waals surface area contributed by atoms with Crippen LogP contribution >= 0.6 is 11.8 Å². The molecule has 0 bridgehead atoms. The summed E-state index contributed by atoms with van der Waals surface area (Å²) in [5.74, 6) is 0.938. The Morgan fingerprint density at radius 3 is 2.43 bits per heavy atom. The van der Waals surface area contributed by atoms with Crippen LogP contribution in [0.25, 0.3) is 0 Å². The van der Waals surface area contributed by atoms with Gasteiger partial charge in [-0.1, -0.05) is 30.8 Å². The van der Waals surface area contributed by atoms with Gasteiger partial charge in [0.05, 0.1) is 31.7 Å². The van der Waals surface area contributed by atoms with Crippen molar-refractivity contribution in [3.63, 3.8) is 0 Å². The van der Waals surface area contributed by atoms with E-state index in [4.69, 9.17) is 14.6 Å². The van der Waals surface area contributed by atoms with Crippen LogP contribution in [-0.4, -0.2) is 51.3 Å².